The van der Waals surface area contributed by atoms with Crippen LogP contribution in [0.15, 0.2) is 36.4 Å². The van der Waals surface area contributed by atoms with Crippen LogP contribution in [-0.2, 0) is 23.8 Å². The summed E-state index contributed by atoms with van der Waals surface area (Å²) < 4.78 is 47.0. The van der Waals surface area contributed by atoms with Gasteiger partial charge >= 0.3 is 6.18 Å². The number of aryl methyl sites for hydroxylation is 1. The van der Waals surface area contributed by atoms with E-state index in [0.717, 1.165) is 29.0 Å². The number of hydrogen-bond acceptors (Lipinski definition) is 4. The fourth-order valence-electron chi connectivity index (χ4n) is 4.19. The van der Waals surface area contributed by atoms with Crippen LogP contribution in [0.4, 0.5) is 13.2 Å². The number of hydrogen-bond donors (Lipinski definition) is 0. The van der Waals surface area contributed by atoms with Gasteiger partial charge < -0.3 is 9.64 Å². The zero-order chi connectivity index (χ0) is 22.9. The zero-order valence-electron chi connectivity index (χ0n) is 18.0. The number of alkyl halides is 3. The van der Waals surface area contributed by atoms with E-state index in [1.807, 2.05) is 24.3 Å². The van der Waals surface area contributed by atoms with Crippen LogP contribution in [0.1, 0.15) is 54.9 Å². The summed E-state index contributed by atoms with van der Waals surface area (Å²) in [6.45, 7) is 2.30. The first-order chi connectivity index (χ1) is 15.3. The molecule has 0 spiro atoms. The molecule has 4 rings (SSSR count). The van der Waals surface area contributed by atoms with E-state index in [0.29, 0.717) is 36.5 Å². The van der Waals surface area contributed by atoms with Crippen molar-refractivity contribution in [2.75, 3.05) is 13.7 Å². The summed E-state index contributed by atoms with van der Waals surface area (Å²) in [5.74, 6) is 0.585. The molecular formula is C23H25F3N4O2. The summed E-state index contributed by atoms with van der Waals surface area (Å²) in [5, 5.41) is 4.27. The SMILES string of the molecule is CCc1cc(C(F)(F)F)n2nc([C@H]3CCCCN3C(=O)Cc3cccc(OC)c3)cc2n1. The van der Waals surface area contributed by atoms with Gasteiger partial charge in [-0.1, -0.05) is 19.1 Å². The van der Waals surface area contributed by atoms with E-state index in [2.05, 4.69) is 10.1 Å². The summed E-state index contributed by atoms with van der Waals surface area (Å²) in [6.07, 6.45) is -1.61. The molecule has 1 amide bonds. The van der Waals surface area contributed by atoms with Crippen LogP contribution in [0.5, 0.6) is 5.75 Å². The molecular weight excluding hydrogens is 421 g/mol. The van der Waals surface area contributed by atoms with Gasteiger partial charge in [-0.3, -0.25) is 4.79 Å². The van der Waals surface area contributed by atoms with Gasteiger partial charge in [-0.25, -0.2) is 9.50 Å². The standard InChI is InChI=1S/C23H25F3N4O2/c1-3-16-13-20(23(24,25)26)30-21(27-16)14-18(28-30)19-9-4-5-10-29(19)22(31)12-15-7-6-8-17(11-15)32-2/h6-8,11,13-14,19H,3-5,9-10,12H2,1-2H3/t19-/m1/s1. The number of ether oxygens (including phenoxy) is 1. The van der Waals surface area contributed by atoms with Crippen LogP contribution < -0.4 is 4.74 Å². The Morgan fingerprint density at radius 2 is 2.03 bits per heavy atom. The lowest BCUT2D eigenvalue weighted by atomic mass is 9.98. The minimum Gasteiger partial charge on any atom is -0.497 e. The number of benzene rings is 1. The van der Waals surface area contributed by atoms with Crippen molar-refractivity contribution >= 4 is 11.6 Å². The monoisotopic (exact) mass is 446 g/mol. The van der Waals surface area contributed by atoms with Crippen molar-refractivity contribution in [1.82, 2.24) is 19.5 Å². The van der Waals surface area contributed by atoms with Crippen LogP contribution in [0, 0.1) is 0 Å². The number of likely N-dealkylation sites (tertiary alicyclic amines) is 1. The molecule has 9 heteroatoms. The van der Waals surface area contributed by atoms with Gasteiger partial charge in [0, 0.05) is 18.3 Å². The predicted molar refractivity (Wildman–Crippen MR) is 112 cm³/mol. The van der Waals surface area contributed by atoms with Crippen molar-refractivity contribution in [2.45, 2.75) is 51.2 Å². The number of amides is 1. The Morgan fingerprint density at radius 3 is 2.75 bits per heavy atom. The van der Waals surface area contributed by atoms with Gasteiger partial charge in [-0.2, -0.15) is 18.3 Å². The van der Waals surface area contributed by atoms with Crippen molar-refractivity contribution in [3.63, 3.8) is 0 Å². The maximum absolute atomic E-state index is 13.6. The predicted octanol–water partition coefficient (Wildman–Crippen LogP) is 4.62. The zero-order valence-corrected chi connectivity index (χ0v) is 18.0. The molecule has 170 valence electrons. The topological polar surface area (TPSA) is 59.7 Å². The minimum absolute atomic E-state index is 0.0849. The third-order valence-corrected chi connectivity index (χ3v) is 5.81. The molecule has 1 aliphatic heterocycles. The molecule has 0 N–H and O–H groups in total. The highest BCUT2D eigenvalue weighted by Crippen LogP contribution is 2.34. The number of carbonyl (C=O) groups is 1. The molecule has 0 unspecified atom stereocenters. The van der Waals surface area contributed by atoms with Gasteiger partial charge in [0.15, 0.2) is 5.65 Å². The van der Waals surface area contributed by atoms with Crippen molar-refractivity contribution < 1.29 is 22.7 Å². The second-order valence-corrected chi connectivity index (χ2v) is 7.95. The summed E-state index contributed by atoms with van der Waals surface area (Å²) >= 11 is 0. The smallest absolute Gasteiger partial charge is 0.433 e. The van der Waals surface area contributed by atoms with E-state index in [1.165, 1.54) is 0 Å². The number of halogens is 3. The Labute approximate surface area is 184 Å². The quantitative estimate of drug-likeness (QED) is 0.574. The van der Waals surface area contributed by atoms with Gasteiger partial charge in [0.2, 0.25) is 5.91 Å². The van der Waals surface area contributed by atoms with E-state index in [1.54, 1.807) is 25.0 Å². The third kappa shape index (κ3) is 4.42. The van der Waals surface area contributed by atoms with E-state index in [-0.39, 0.29) is 24.0 Å². The van der Waals surface area contributed by atoms with E-state index >= 15 is 0 Å². The molecule has 0 aliphatic carbocycles. The number of piperidine rings is 1. The van der Waals surface area contributed by atoms with Gasteiger partial charge in [-0.15, -0.1) is 0 Å². The number of fused-ring (bicyclic) bond motifs is 1. The molecule has 3 aromatic rings. The molecule has 2 aromatic heterocycles. The number of methoxy groups -OCH3 is 1. The van der Waals surface area contributed by atoms with Crippen molar-refractivity contribution in [3.05, 3.63) is 59.0 Å². The molecule has 0 bridgehead atoms. The second kappa shape index (κ2) is 8.80. The average Bonchev–Trinajstić information content (AvgIpc) is 3.21. The largest absolute Gasteiger partial charge is 0.497 e. The van der Waals surface area contributed by atoms with E-state index in [4.69, 9.17) is 4.74 Å². The van der Waals surface area contributed by atoms with Gasteiger partial charge in [0.05, 0.1) is 25.3 Å². The van der Waals surface area contributed by atoms with Gasteiger partial charge in [0.25, 0.3) is 0 Å². The first kappa shape index (κ1) is 22.1. The van der Waals surface area contributed by atoms with Gasteiger partial charge in [0.1, 0.15) is 11.4 Å². The molecule has 0 radical (unpaired) electrons. The second-order valence-electron chi connectivity index (χ2n) is 7.95. The maximum atomic E-state index is 13.6. The highest BCUT2D eigenvalue weighted by molar-refractivity contribution is 5.79. The Morgan fingerprint density at radius 1 is 1.22 bits per heavy atom. The molecule has 1 fully saturated rings. The maximum Gasteiger partial charge on any atom is 0.433 e. The summed E-state index contributed by atoms with van der Waals surface area (Å²) in [6, 6.07) is 9.54. The molecule has 3 heterocycles. The number of aromatic nitrogens is 3. The highest BCUT2D eigenvalue weighted by atomic mass is 19.4. The minimum atomic E-state index is -4.55. The number of nitrogens with zero attached hydrogens (tertiary/aromatic N) is 4. The van der Waals surface area contributed by atoms with Crippen LogP contribution in [0.2, 0.25) is 0 Å². The Hall–Kier alpha value is -3.10. The Kier molecular flexibility index (Phi) is 6.08. The molecule has 1 atom stereocenters. The molecule has 1 aliphatic rings. The summed E-state index contributed by atoms with van der Waals surface area (Å²) in [5.41, 5.74) is 0.913. The lowest BCUT2D eigenvalue weighted by molar-refractivity contribution is -0.143. The lowest BCUT2D eigenvalue weighted by Gasteiger charge is -2.35. The van der Waals surface area contributed by atoms with E-state index in [9.17, 15) is 18.0 Å². The Bertz CT molecular complexity index is 1130. The fraction of sp³-hybridized carbons (Fsp3) is 0.435. The van der Waals surface area contributed by atoms with Crippen molar-refractivity contribution in [3.8, 4) is 5.75 Å². The van der Waals surface area contributed by atoms with Crippen LogP contribution in [0.25, 0.3) is 5.65 Å². The van der Waals surface area contributed by atoms with Crippen LogP contribution in [-0.4, -0.2) is 39.1 Å². The molecule has 6 nitrogen and oxygen atoms in total. The number of rotatable bonds is 5. The normalized spacial score (nSPS) is 17.0. The van der Waals surface area contributed by atoms with Crippen molar-refractivity contribution in [1.29, 1.82) is 0 Å². The average molecular weight is 446 g/mol. The number of carbonyl (C=O) groups excluding carboxylic acids is 1. The van der Waals surface area contributed by atoms with Crippen LogP contribution in [0.3, 0.4) is 0 Å². The molecule has 1 aromatic carbocycles. The van der Waals surface area contributed by atoms with Crippen molar-refractivity contribution in [2.24, 2.45) is 0 Å². The fourth-order valence-corrected chi connectivity index (χ4v) is 4.19. The summed E-state index contributed by atoms with van der Waals surface area (Å²) in [4.78, 5) is 19.2. The van der Waals surface area contributed by atoms with Crippen LogP contribution >= 0.6 is 0 Å². The molecule has 32 heavy (non-hydrogen) atoms. The summed E-state index contributed by atoms with van der Waals surface area (Å²) in [7, 11) is 1.57. The molecule has 1 saturated heterocycles. The highest BCUT2D eigenvalue weighted by Gasteiger charge is 2.36. The Balaban J connectivity index is 1.66. The van der Waals surface area contributed by atoms with Gasteiger partial charge in [-0.05, 0) is 49.4 Å². The third-order valence-electron chi connectivity index (χ3n) is 5.81. The first-order valence-electron chi connectivity index (χ1n) is 10.7. The van der Waals surface area contributed by atoms with E-state index < -0.39 is 11.9 Å². The molecule has 0 saturated carbocycles. The first-order valence-corrected chi connectivity index (χ1v) is 10.7. The lowest BCUT2D eigenvalue weighted by Crippen LogP contribution is -2.39.